The van der Waals surface area contributed by atoms with Crippen LogP contribution in [-0.4, -0.2) is 4.57 Å². The van der Waals surface area contributed by atoms with Crippen molar-refractivity contribution >= 4 is 0 Å². The van der Waals surface area contributed by atoms with Gasteiger partial charge in [0.05, 0.1) is 0 Å². The van der Waals surface area contributed by atoms with Crippen LogP contribution in [0, 0.1) is 12.8 Å². The number of nitrogens with zero attached hydrogens (tertiary/aromatic N) is 1. The first kappa shape index (κ1) is 17.8. The van der Waals surface area contributed by atoms with E-state index in [-0.39, 0.29) is 0 Å². The van der Waals surface area contributed by atoms with E-state index in [0.717, 1.165) is 6.54 Å². The van der Waals surface area contributed by atoms with E-state index in [9.17, 15) is 0 Å². The second kappa shape index (κ2) is 8.38. The molecular formula is C22H33N. The maximum absolute atomic E-state index is 2.43. The fourth-order valence-corrected chi connectivity index (χ4v) is 3.91. The van der Waals surface area contributed by atoms with Gasteiger partial charge < -0.3 is 4.57 Å². The van der Waals surface area contributed by atoms with E-state index in [1.807, 2.05) is 0 Å². The van der Waals surface area contributed by atoms with Gasteiger partial charge in [-0.1, -0.05) is 63.9 Å². The standard InChI is InChI=1S/C22H33N/c1-6-8-14-21(18(4)20-12-10-9-11-13-20)19(5)22-16-23(7-2)15-17(22)3/h9-13,15-16,18-19,21H,6-8,14H2,1-5H3. The molecule has 1 aromatic heterocycles. The van der Waals surface area contributed by atoms with Gasteiger partial charge in [-0.3, -0.25) is 0 Å². The molecular weight excluding hydrogens is 278 g/mol. The summed E-state index contributed by atoms with van der Waals surface area (Å²) in [6.07, 6.45) is 8.58. The Balaban J connectivity index is 2.27. The van der Waals surface area contributed by atoms with Gasteiger partial charge in [0.25, 0.3) is 0 Å². The highest BCUT2D eigenvalue weighted by molar-refractivity contribution is 5.29. The molecule has 0 radical (unpaired) electrons. The van der Waals surface area contributed by atoms with Crippen molar-refractivity contribution in [3.8, 4) is 0 Å². The quantitative estimate of drug-likeness (QED) is 0.522. The van der Waals surface area contributed by atoms with Crippen molar-refractivity contribution in [3.63, 3.8) is 0 Å². The van der Waals surface area contributed by atoms with Gasteiger partial charge in [0.2, 0.25) is 0 Å². The summed E-state index contributed by atoms with van der Waals surface area (Å²) < 4.78 is 2.32. The van der Waals surface area contributed by atoms with Crippen LogP contribution in [0.15, 0.2) is 42.7 Å². The van der Waals surface area contributed by atoms with Gasteiger partial charge in [0, 0.05) is 18.9 Å². The lowest BCUT2D eigenvalue weighted by molar-refractivity contribution is 0.346. The van der Waals surface area contributed by atoms with Gasteiger partial charge in [-0.15, -0.1) is 0 Å². The van der Waals surface area contributed by atoms with Crippen molar-refractivity contribution in [1.29, 1.82) is 0 Å². The molecule has 1 nitrogen and oxygen atoms in total. The van der Waals surface area contributed by atoms with Crippen molar-refractivity contribution in [2.24, 2.45) is 5.92 Å². The van der Waals surface area contributed by atoms with E-state index < -0.39 is 0 Å². The average Bonchev–Trinajstić information content (AvgIpc) is 2.96. The molecule has 0 bridgehead atoms. The zero-order valence-electron chi connectivity index (χ0n) is 15.5. The number of benzene rings is 1. The maximum Gasteiger partial charge on any atom is 0.0191 e. The fraction of sp³-hybridized carbons (Fsp3) is 0.545. The predicted molar refractivity (Wildman–Crippen MR) is 101 cm³/mol. The third-order valence-electron chi connectivity index (χ3n) is 5.48. The van der Waals surface area contributed by atoms with Gasteiger partial charge in [-0.2, -0.15) is 0 Å². The van der Waals surface area contributed by atoms with E-state index >= 15 is 0 Å². The molecule has 1 heterocycles. The van der Waals surface area contributed by atoms with Crippen LogP contribution < -0.4 is 0 Å². The summed E-state index contributed by atoms with van der Waals surface area (Å²) in [6, 6.07) is 11.0. The summed E-state index contributed by atoms with van der Waals surface area (Å²) in [7, 11) is 0. The van der Waals surface area contributed by atoms with Gasteiger partial charge >= 0.3 is 0 Å². The Morgan fingerprint density at radius 3 is 2.22 bits per heavy atom. The Morgan fingerprint density at radius 2 is 1.65 bits per heavy atom. The predicted octanol–water partition coefficient (Wildman–Crippen LogP) is 6.53. The van der Waals surface area contributed by atoms with Crippen molar-refractivity contribution in [2.75, 3.05) is 0 Å². The molecule has 0 saturated heterocycles. The Hall–Kier alpha value is -1.50. The van der Waals surface area contributed by atoms with Crippen molar-refractivity contribution < 1.29 is 0 Å². The summed E-state index contributed by atoms with van der Waals surface area (Å²) in [5, 5.41) is 0. The molecule has 2 rings (SSSR count). The lowest BCUT2D eigenvalue weighted by atomic mass is 9.74. The second-order valence-electron chi connectivity index (χ2n) is 7.02. The van der Waals surface area contributed by atoms with Crippen LogP contribution in [0.5, 0.6) is 0 Å². The first-order chi connectivity index (χ1) is 11.1. The van der Waals surface area contributed by atoms with Crippen molar-refractivity contribution in [3.05, 3.63) is 59.4 Å². The van der Waals surface area contributed by atoms with Crippen LogP contribution in [0.2, 0.25) is 0 Å². The summed E-state index contributed by atoms with van der Waals surface area (Å²) >= 11 is 0. The van der Waals surface area contributed by atoms with E-state index in [2.05, 4.69) is 81.9 Å². The van der Waals surface area contributed by atoms with E-state index in [4.69, 9.17) is 0 Å². The number of aryl methyl sites for hydroxylation is 2. The molecule has 1 aromatic carbocycles. The minimum Gasteiger partial charge on any atom is -0.354 e. The van der Waals surface area contributed by atoms with Gasteiger partial charge in [-0.25, -0.2) is 0 Å². The van der Waals surface area contributed by atoms with E-state index in [1.54, 1.807) is 0 Å². The molecule has 2 aromatic rings. The Morgan fingerprint density at radius 1 is 0.957 bits per heavy atom. The van der Waals surface area contributed by atoms with Gasteiger partial charge in [0.1, 0.15) is 0 Å². The summed E-state index contributed by atoms with van der Waals surface area (Å²) in [5.41, 5.74) is 4.46. The van der Waals surface area contributed by atoms with Crippen LogP contribution in [-0.2, 0) is 6.54 Å². The van der Waals surface area contributed by atoms with Crippen LogP contribution in [0.4, 0.5) is 0 Å². The lowest BCUT2D eigenvalue weighted by Crippen LogP contribution is -2.18. The second-order valence-corrected chi connectivity index (χ2v) is 7.02. The normalized spacial score (nSPS) is 15.3. The zero-order chi connectivity index (χ0) is 16.8. The molecule has 0 N–H and O–H groups in total. The molecule has 3 unspecified atom stereocenters. The van der Waals surface area contributed by atoms with Crippen LogP contribution in [0.3, 0.4) is 0 Å². The molecule has 1 heteroatoms. The van der Waals surface area contributed by atoms with Crippen LogP contribution in [0.1, 0.15) is 75.5 Å². The van der Waals surface area contributed by atoms with Crippen LogP contribution >= 0.6 is 0 Å². The number of rotatable bonds is 8. The number of hydrogen-bond acceptors (Lipinski definition) is 0. The highest BCUT2D eigenvalue weighted by Crippen LogP contribution is 2.40. The molecule has 0 amide bonds. The molecule has 0 aliphatic heterocycles. The summed E-state index contributed by atoms with van der Waals surface area (Å²) in [5.74, 6) is 1.90. The third kappa shape index (κ3) is 4.28. The minimum atomic E-state index is 0.599. The first-order valence-electron chi connectivity index (χ1n) is 9.29. The third-order valence-corrected chi connectivity index (χ3v) is 5.48. The number of unbranched alkanes of at least 4 members (excludes halogenated alkanes) is 1. The molecule has 0 fully saturated rings. The highest BCUT2D eigenvalue weighted by Gasteiger charge is 2.27. The van der Waals surface area contributed by atoms with E-state index in [0.29, 0.717) is 17.8 Å². The first-order valence-corrected chi connectivity index (χ1v) is 9.29. The molecule has 126 valence electrons. The Labute approximate surface area is 142 Å². The van der Waals surface area contributed by atoms with Crippen LogP contribution in [0.25, 0.3) is 0 Å². The van der Waals surface area contributed by atoms with E-state index in [1.165, 1.54) is 36.0 Å². The van der Waals surface area contributed by atoms with Crippen molar-refractivity contribution in [1.82, 2.24) is 4.57 Å². The smallest absolute Gasteiger partial charge is 0.0191 e. The maximum atomic E-state index is 2.43. The zero-order valence-corrected chi connectivity index (χ0v) is 15.5. The molecule has 3 atom stereocenters. The molecule has 0 aliphatic rings. The molecule has 0 saturated carbocycles. The largest absolute Gasteiger partial charge is 0.354 e. The average molecular weight is 312 g/mol. The Kier molecular flexibility index (Phi) is 6.50. The molecule has 23 heavy (non-hydrogen) atoms. The highest BCUT2D eigenvalue weighted by atomic mass is 14.9. The summed E-state index contributed by atoms with van der Waals surface area (Å²) in [4.78, 5) is 0. The summed E-state index contributed by atoms with van der Waals surface area (Å²) in [6.45, 7) is 12.7. The lowest BCUT2D eigenvalue weighted by Gasteiger charge is -2.30. The number of hydrogen-bond donors (Lipinski definition) is 0. The topological polar surface area (TPSA) is 4.93 Å². The minimum absolute atomic E-state index is 0.599. The number of aromatic nitrogens is 1. The monoisotopic (exact) mass is 311 g/mol. The molecule has 0 spiro atoms. The van der Waals surface area contributed by atoms with Crippen molar-refractivity contribution in [2.45, 2.75) is 72.3 Å². The van der Waals surface area contributed by atoms with Gasteiger partial charge in [-0.05, 0) is 54.7 Å². The SMILES string of the molecule is CCCCC(C(C)c1ccccc1)C(C)c1cn(CC)cc1C. The fourth-order valence-electron chi connectivity index (χ4n) is 3.91. The molecule has 0 aliphatic carbocycles. The van der Waals surface area contributed by atoms with Gasteiger partial charge in [0.15, 0.2) is 0 Å². The Bertz CT molecular complexity index is 581.